The third-order valence-corrected chi connectivity index (χ3v) is 2.51. The number of carbonyl (C=O) groups excluding carboxylic acids is 2. The quantitative estimate of drug-likeness (QED) is 0.584. The van der Waals surface area contributed by atoms with E-state index in [0.717, 1.165) is 6.07 Å². The summed E-state index contributed by atoms with van der Waals surface area (Å²) in [6.45, 7) is 4.08. The normalized spacial score (nSPS) is 9.83. The van der Waals surface area contributed by atoms with E-state index in [1.807, 2.05) is 13.8 Å². The second-order valence-corrected chi connectivity index (χ2v) is 4.48. The Bertz CT molecular complexity index is 571. The van der Waals surface area contributed by atoms with Crippen LogP contribution in [0.3, 0.4) is 0 Å². The van der Waals surface area contributed by atoms with Gasteiger partial charge >= 0.3 is 18.2 Å². The van der Waals surface area contributed by atoms with Crippen LogP contribution >= 0.6 is 0 Å². The minimum atomic E-state index is -1.31. The van der Waals surface area contributed by atoms with Gasteiger partial charge in [0.2, 0.25) is 0 Å². The molecule has 2 N–H and O–H groups in total. The van der Waals surface area contributed by atoms with E-state index in [2.05, 4.69) is 5.32 Å². The zero-order valence-corrected chi connectivity index (χ0v) is 13.0. The lowest BCUT2D eigenvalue weighted by molar-refractivity contribution is 0.0689. The summed E-state index contributed by atoms with van der Waals surface area (Å²) >= 11 is 0. The molecule has 0 atom stereocenters. The summed E-state index contributed by atoms with van der Waals surface area (Å²) in [5.41, 5.74) is -0.0791. The number of amides is 1. The van der Waals surface area contributed by atoms with Crippen molar-refractivity contribution in [3.63, 3.8) is 0 Å². The van der Waals surface area contributed by atoms with Gasteiger partial charge in [-0.3, -0.25) is 5.32 Å². The molecule has 0 aliphatic rings. The van der Waals surface area contributed by atoms with Crippen LogP contribution in [0.5, 0.6) is 5.75 Å². The van der Waals surface area contributed by atoms with Gasteiger partial charge in [0.25, 0.3) is 0 Å². The molecule has 126 valence electrons. The Morgan fingerprint density at radius 1 is 1.09 bits per heavy atom. The SMILES string of the molecule is CCCOC(=O)Nc1ccc(OC(=O)OCCC)c(C(=O)O)c1. The first kappa shape index (κ1) is 18.3. The number of rotatable bonds is 7. The Balaban J connectivity index is 2.83. The van der Waals surface area contributed by atoms with Gasteiger partial charge in [-0.2, -0.15) is 0 Å². The summed E-state index contributed by atoms with van der Waals surface area (Å²) in [5.74, 6) is -1.49. The molecular formula is C15H19NO7. The van der Waals surface area contributed by atoms with E-state index in [-0.39, 0.29) is 30.2 Å². The van der Waals surface area contributed by atoms with Gasteiger partial charge < -0.3 is 19.3 Å². The molecule has 1 aromatic rings. The Kier molecular flexibility index (Phi) is 7.38. The Morgan fingerprint density at radius 2 is 1.74 bits per heavy atom. The third-order valence-electron chi connectivity index (χ3n) is 2.51. The van der Waals surface area contributed by atoms with Crippen molar-refractivity contribution in [3.05, 3.63) is 23.8 Å². The van der Waals surface area contributed by atoms with Crippen LogP contribution in [-0.2, 0) is 9.47 Å². The molecule has 1 aromatic carbocycles. The molecule has 8 heteroatoms. The monoisotopic (exact) mass is 325 g/mol. The average Bonchev–Trinajstić information content (AvgIpc) is 2.52. The van der Waals surface area contributed by atoms with Gasteiger partial charge in [0.15, 0.2) is 0 Å². The molecule has 0 heterocycles. The highest BCUT2D eigenvalue weighted by molar-refractivity contribution is 5.94. The van der Waals surface area contributed by atoms with Gasteiger partial charge in [-0.15, -0.1) is 0 Å². The van der Waals surface area contributed by atoms with Crippen LogP contribution < -0.4 is 10.1 Å². The zero-order chi connectivity index (χ0) is 17.2. The van der Waals surface area contributed by atoms with Crippen molar-refractivity contribution in [1.29, 1.82) is 0 Å². The molecule has 0 spiro atoms. The first-order chi connectivity index (χ1) is 11.0. The third kappa shape index (κ3) is 6.25. The van der Waals surface area contributed by atoms with Gasteiger partial charge in [-0.05, 0) is 31.0 Å². The maximum Gasteiger partial charge on any atom is 0.513 e. The van der Waals surface area contributed by atoms with Crippen LogP contribution in [-0.4, -0.2) is 36.5 Å². The Labute approximate surface area is 133 Å². The van der Waals surface area contributed by atoms with E-state index in [0.29, 0.717) is 12.8 Å². The highest BCUT2D eigenvalue weighted by Crippen LogP contribution is 2.23. The maximum atomic E-state index is 11.4. The number of benzene rings is 1. The van der Waals surface area contributed by atoms with Gasteiger partial charge in [0, 0.05) is 5.69 Å². The summed E-state index contributed by atoms with van der Waals surface area (Å²) in [4.78, 5) is 34.1. The minimum absolute atomic E-state index is 0.171. The average molecular weight is 325 g/mol. The lowest BCUT2D eigenvalue weighted by atomic mass is 10.2. The van der Waals surface area contributed by atoms with Crippen molar-refractivity contribution in [2.75, 3.05) is 18.5 Å². The van der Waals surface area contributed by atoms with Gasteiger partial charge in [-0.25, -0.2) is 14.4 Å². The number of hydrogen-bond donors (Lipinski definition) is 2. The minimum Gasteiger partial charge on any atom is -0.478 e. The lowest BCUT2D eigenvalue weighted by Gasteiger charge is -2.10. The van der Waals surface area contributed by atoms with E-state index in [4.69, 9.17) is 14.2 Å². The Morgan fingerprint density at radius 3 is 2.35 bits per heavy atom. The highest BCUT2D eigenvalue weighted by atomic mass is 16.7. The fourth-order valence-corrected chi connectivity index (χ4v) is 1.52. The smallest absolute Gasteiger partial charge is 0.478 e. The molecule has 0 bridgehead atoms. The van der Waals surface area contributed by atoms with E-state index < -0.39 is 18.2 Å². The lowest BCUT2D eigenvalue weighted by Crippen LogP contribution is -2.16. The molecule has 0 saturated carbocycles. The van der Waals surface area contributed by atoms with E-state index in [9.17, 15) is 19.5 Å². The van der Waals surface area contributed by atoms with Crippen LogP contribution in [0.25, 0.3) is 0 Å². The van der Waals surface area contributed by atoms with Crippen molar-refractivity contribution in [2.24, 2.45) is 0 Å². The zero-order valence-electron chi connectivity index (χ0n) is 13.0. The molecule has 1 amide bonds. The molecule has 23 heavy (non-hydrogen) atoms. The summed E-state index contributed by atoms with van der Waals surface area (Å²) in [7, 11) is 0. The number of aromatic carboxylic acids is 1. The van der Waals surface area contributed by atoms with Gasteiger partial charge in [0.1, 0.15) is 11.3 Å². The molecular weight excluding hydrogens is 306 g/mol. The molecule has 0 radical (unpaired) electrons. The van der Waals surface area contributed by atoms with Gasteiger partial charge in [0.05, 0.1) is 13.2 Å². The van der Waals surface area contributed by atoms with Crippen molar-refractivity contribution in [2.45, 2.75) is 26.7 Å². The molecule has 0 aromatic heterocycles. The van der Waals surface area contributed by atoms with E-state index in [1.165, 1.54) is 12.1 Å². The van der Waals surface area contributed by atoms with Crippen molar-refractivity contribution in [1.82, 2.24) is 0 Å². The second kappa shape index (κ2) is 9.29. The highest BCUT2D eigenvalue weighted by Gasteiger charge is 2.17. The summed E-state index contributed by atoms with van der Waals surface area (Å²) < 4.78 is 14.4. The molecule has 0 saturated heterocycles. The number of carboxylic acid groups (broad SMARTS) is 1. The Hall–Kier alpha value is -2.77. The molecule has 0 aliphatic heterocycles. The molecule has 8 nitrogen and oxygen atoms in total. The fourth-order valence-electron chi connectivity index (χ4n) is 1.52. The first-order valence-corrected chi connectivity index (χ1v) is 7.13. The maximum absolute atomic E-state index is 11.4. The van der Waals surface area contributed by atoms with Crippen molar-refractivity contribution >= 4 is 23.9 Å². The number of ether oxygens (including phenoxy) is 3. The number of anilines is 1. The molecule has 0 unspecified atom stereocenters. The van der Waals surface area contributed by atoms with Crippen LogP contribution in [0, 0.1) is 0 Å². The predicted octanol–water partition coefficient (Wildman–Crippen LogP) is 3.27. The predicted molar refractivity (Wildman–Crippen MR) is 80.9 cm³/mol. The topological polar surface area (TPSA) is 111 Å². The fraction of sp³-hybridized carbons (Fsp3) is 0.400. The number of hydrogen-bond acceptors (Lipinski definition) is 6. The molecule has 0 fully saturated rings. The molecule has 0 aliphatic carbocycles. The first-order valence-electron chi connectivity index (χ1n) is 7.13. The van der Waals surface area contributed by atoms with Crippen LogP contribution in [0.15, 0.2) is 18.2 Å². The number of nitrogens with one attached hydrogen (secondary N) is 1. The second-order valence-electron chi connectivity index (χ2n) is 4.48. The van der Waals surface area contributed by atoms with Crippen LogP contribution in [0.4, 0.5) is 15.3 Å². The van der Waals surface area contributed by atoms with Crippen LogP contribution in [0.1, 0.15) is 37.0 Å². The molecule has 1 rings (SSSR count). The summed E-state index contributed by atoms with van der Waals surface area (Å²) in [5, 5.41) is 11.6. The number of carbonyl (C=O) groups is 3. The largest absolute Gasteiger partial charge is 0.513 e. The summed E-state index contributed by atoms with van der Waals surface area (Å²) in [6.07, 6.45) is -0.402. The number of carboxylic acids is 1. The van der Waals surface area contributed by atoms with Crippen molar-refractivity contribution in [3.8, 4) is 5.75 Å². The van der Waals surface area contributed by atoms with E-state index in [1.54, 1.807) is 0 Å². The van der Waals surface area contributed by atoms with Crippen LogP contribution in [0.2, 0.25) is 0 Å². The summed E-state index contributed by atoms with van der Waals surface area (Å²) in [6, 6.07) is 3.81. The van der Waals surface area contributed by atoms with E-state index >= 15 is 0 Å². The standard InChI is InChI=1S/C15H19NO7/c1-3-7-21-14(19)16-10-5-6-12(11(9-10)13(17)18)23-15(20)22-8-4-2/h5-6,9H,3-4,7-8H2,1-2H3,(H,16,19)(H,17,18). The van der Waals surface area contributed by atoms with Crippen molar-refractivity contribution < 1.29 is 33.7 Å². The van der Waals surface area contributed by atoms with Gasteiger partial charge in [-0.1, -0.05) is 13.8 Å².